The molecule has 0 aliphatic heterocycles. The number of carbonyl (C=O) groups is 2. The first-order valence-electron chi connectivity index (χ1n) is 16.8. The Bertz CT molecular complexity index is 2240. The van der Waals surface area contributed by atoms with E-state index in [4.69, 9.17) is 19.3 Å². The van der Waals surface area contributed by atoms with Gasteiger partial charge in [-0.25, -0.2) is 14.3 Å². The number of hydrogen-bond acceptors (Lipinski definition) is 9. The van der Waals surface area contributed by atoms with E-state index in [0.29, 0.717) is 39.9 Å². The van der Waals surface area contributed by atoms with Gasteiger partial charge in [0, 0.05) is 17.8 Å². The van der Waals surface area contributed by atoms with E-state index in [0.717, 1.165) is 16.7 Å². The number of alkyl carbamates (subject to hydrolysis) is 1. The number of esters is 1. The average molecular weight is 704 g/mol. The third-order valence-corrected chi connectivity index (χ3v) is 8.10. The van der Waals surface area contributed by atoms with Gasteiger partial charge in [0.05, 0.1) is 18.2 Å². The zero-order valence-electron chi connectivity index (χ0n) is 29.8. The van der Waals surface area contributed by atoms with Crippen LogP contribution in [0.5, 0.6) is 5.75 Å². The highest BCUT2D eigenvalue weighted by Gasteiger charge is 2.29. The predicted octanol–water partition coefficient (Wildman–Crippen LogP) is 7.02. The van der Waals surface area contributed by atoms with Crippen LogP contribution in [0.15, 0.2) is 102 Å². The van der Waals surface area contributed by atoms with Crippen LogP contribution in [0.2, 0.25) is 0 Å². The number of fused-ring (bicyclic) bond motifs is 1. The number of carbonyl (C=O) groups excluding carboxylic acids is 2. The van der Waals surface area contributed by atoms with Gasteiger partial charge in [0.1, 0.15) is 34.6 Å². The molecule has 3 aromatic carbocycles. The van der Waals surface area contributed by atoms with Crippen molar-refractivity contribution in [2.75, 3.05) is 12.4 Å². The van der Waals surface area contributed by atoms with Crippen molar-refractivity contribution in [1.29, 1.82) is 0 Å². The Balaban J connectivity index is 1.36. The summed E-state index contributed by atoms with van der Waals surface area (Å²) in [7, 11) is 1.58. The fourth-order valence-corrected chi connectivity index (χ4v) is 5.65. The molecule has 13 heteroatoms. The minimum Gasteiger partial charge on any atom is -0.497 e. The molecule has 1 unspecified atom stereocenters. The molecule has 0 aliphatic carbocycles. The summed E-state index contributed by atoms with van der Waals surface area (Å²) in [6, 6.07) is 27.4. The molecular formula is C39H41N7O6. The number of amides is 1. The zero-order chi connectivity index (χ0) is 37.0. The van der Waals surface area contributed by atoms with Gasteiger partial charge in [-0.15, -0.1) is 0 Å². The van der Waals surface area contributed by atoms with Crippen molar-refractivity contribution < 1.29 is 23.8 Å². The molecule has 0 bridgehead atoms. The summed E-state index contributed by atoms with van der Waals surface area (Å²) in [5, 5.41) is 15.3. The van der Waals surface area contributed by atoms with E-state index in [-0.39, 0.29) is 18.2 Å². The number of benzene rings is 3. The molecule has 3 heterocycles. The van der Waals surface area contributed by atoms with Gasteiger partial charge in [-0.1, -0.05) is 86.6 Å². The van der Waals surface area contributed by atoms with Crippen molar-refractivity contribution in [3.05, 3.63) is 108 Å². The molecule has 0 fully saturated rings. The van der Waals surface area contributed by atoms with E-state index in [9.17, 15) is 14.4 Å². The Kier molecular flexibility index (Phi) is 10.1. The lowest BCUT2D eigenvalue weighted by molar-refractivity contribution is -0.151. The zero-order valence-corrected chi connectivity index (χ0v) is 29.8. The van der Waals surface area contributed by atoms with E-state index >= 15 is 0 Å². The van der Waals surface area contributed by atoms with Gasteiger partial charge in [-0.05, 0) is 49.9 Å². The minimum absolute atomic E-state index is 0.220. The summed E-state index contributed by atoms with van der Waals surface area (Å²) in [5.74, 6) is 0.502. The van der Waals surface area contributed by atoms with E-state index < -0.39 is 23.7 Å². The Morgan fingerprint density at radius 1 is 0.846 bits per heavy atom. The molecule has 0 saturated carbocycles. The molecule has 52 heavy (non-hydrogen) atoms. The average Bonchev–Trinajstić information content (AvgIpc) is 3.74. The molecule has 0 saturated heterocycles. The fraction of sp³-hybridized carbons (Fsp3) is 0.256. The number of ether oxygens (including phenoxy) is 3. The van der Waals surface area contributed by atoms with Crippen molar-refractivity contribution in [1.82, 2.24) is 29.7 Å². The van der Waals surface area contributed by atoms with Crippen LogP contribution in [0, 0.1) is 5.92 Å². The van der Waals surface area contributed by atoms with Crippen LogP contribution in [0.25, 0.3) is 39.2 Å². The third kappa shape index (κ3) is 7.83. The minimum atomic E-state index is -0.929. The number of hydrogen-bond donors (Lipinski definition) is 3. The number of methoxy groups -OCH3 is 1. The van der Waals surface area contributed by atoms with Crippen molar-refractivity contribution >= 4 is 29.3 Å². The van der Waals surface area contributed by atoms with Crippen molar-refractivity contribution in [2.45, 2.75) is 53.0 Å². The van der Waals surface area contributed by atoms with Gasteiger partial charge in [0.25, 0.3) is 5.56 Å². The molecule has 6 aromatic rings. The second-order valence-corrected chi connectivity index (χ2v) is 13.5. The summed E-state index contributed by atoms with van der Waals surface area (Å²) in [4.78, 5) is 43.3. The second kappa shape index (κ2) is 14.9. The van der Waals surface area contributed by atoms with Gasteiger partial charge < -0.3 is 29.8 Å². The highest BCUT2D eigenvalue weighted by atomic mass is 16.6. The first kappa shape index (κ1) is 35.5. The SMILES string of the molecule is COc1ccc(-c2c(Nc3ccn(COC(=O)C(NC(=O)OC(C)(C)C)C(C)C)n3)[nH]c3c(-c4ccccc4)c(-c4ccccc4)nn3c2=O)cc1. The molecule has 0 spiro atoms. The lowest BCUT2D eigenvalue weighted by Crippen LogP contribution is -2.47. The lowest BCUT2D eigenvalue weighted by atomic mass is 10.0. The number of aromatic amines is 1. The first-order valence-corrected chi connectivity index (χ1v) is 16.8. The standard InChI is InChI=1S/C39H41N7O6/c1-24(2)32(41-38(49)52-39(3,4)5)37(48)51-23-45-22-21-29(43-45)40-34-31(26-17-19-28(50-6)20-18-26)36(47)46-35(42-34)30(25-13-9-7-10-14-25)33(44-46)27-15-11-8-12-16-27/h7-22,24,32,42H,23H2,1-6H3,(H,40,43)(H,41,49). The molecule has 1 atom stereocenters. The molecule has 268 valence electrons. The first-order chi connectivity index (χ1) is 24.9. The van der Waals surface area contributed by atoms with Crippen LogP contribution in [0.1, 0.15) is 34.6 Å². The van der Waals surface area contributed by atoms with Gasteiger partial charge >= 0.3 is 12.1 Å². The summed E-state index contributed by atoms with van der Waals surface area (Å²) in [6.45, 7) is 8.60. The number of nitrogens with zero attached hydrogens (tertiary/aromatic N) is 4. The van der Waals surface area contributed by atoms with Crippen LogP contribution in [-0.4, -0.2) is 55.2 Å². The predicted molar refractivity (Wildman–Crippen MR) is 198 cm³/mol. The summed E-state index contributed by atoms with van der Waals surface area (Å²) in [6.07, 6.45) is 0.920. The molecule has 3 aromatic heterocycles. The maximum absolute atomic E-state index is 14.5. The molecule has 1 amide bonds. The van der Waals surface area contributed by atoms with E-state index in [2.05, 4.69) is 20.7 Å². The topological polar surface area (TPSA) is 154 Å². The smallest absolute Gasteiger partial charge is 0.408 e. The lowest BCUT2D eigenvalue weighted by Gasteiger charge is -2.24. The van der Waals surface area contributed by atoms with Crippen molar-refractivity contribution in [3.8, 4) is 39.3 Å². The summed E-state index contributed by atoms with van der Waals surface area (Å²) >= 11 is 0. The molecule has 3 N–H and O–H groups in total. The molecule has 13 nitrogen and oxygen atoms in total. The second-order valence-electron chi connectivity index (χ2n) is 13.5. The Morgan fingerprint density at radius 2 is 1.48 bits per heavy atom. The van der Waals surface area contributed by atoms with Gasteiger partial charge in [0.15, 0.2) is 12.5 Å². The van der Waals surface area contributed by atoms with E-state index in [1.54, 1.807) is 78.3 Å². The number of H-pyrrole nitrogens is 1. The largest absolute Gasteiger partial charge is 0.497 e. The Hall–Kier alpha value is -6.37. The summed E-state index contributed by atoms with van der Waals surface area (Å²) < 4.78 is 19.0. The van der Waals surface area contributed by atoms with Crippen LogP contribution >= 0.6 is 0 Å². The summed E-state index contributed by atoms with van der Waals surface area (Å²) in [5.41, 5.74) is 3.49. The van der Waals surface area contributed by atoms with E-state index in [1.807, 2.05) is 60.7 Å². The molecule has 6 rings (SSSR count). The number of aromatic nitrogens is 5. The number of rotatable bonds is 11. The van der Waals surface area contributed by atoms with Gasteiger partial charge in [-0.2, -0.15) is 14.7 Å². The maximum atomic E-state index is 14.5. The van der Waals surface area contributed by atoms with Gasteiger partial charge in [0.2, 0.25) is 0 Å². The molecule has 0 aliphatic rings. The number of nitrogens with one attached hydrogen (secondary N) is 3. The fourth-order valence-electron chi connectivity index (χ4n) is 5.65. The maximum Gasteiger partial charge on any atom is 0.408 e. The third-order valence-electron chi connectivity index (χ3n) is 8.10. The normalized spacial score (nSPS) is 12.1. The van der Waals surface area contributed by atoms with Crippen LogP contribution in [0.4, 0.5) is 16.4 Å². The number of anilines is 2. The van der Waals surface area contributed by atoms with Crippen LogP contribution in [0.3, 0.4) is 0 Å². The van der Waals surface area contributed by atoms with Crippen molar-refractivity contribution in [3.63, 3.8) is 0 Å². The Morgan fingerprint density at radius 3 is 2.10 bits per heavy atom. The van der Waals surface area contributed by atoms with Crippen LogP contribution in [-0.2, 0) is 21.0 Å². The van der Waals surface area contributed by atoms with Gasteiger partial charge in [-0.3, -0.25) is 4.79 Å². The quantitative estimate of drug-likeness (QED) is 0.121. The van der Waals surface area contributed by atoms with E-state index in [1.165, 1.54) is 9.20 Å². The highest BCUT2D eigenvalue weighted by molar-refractivity contribution is 5.92. The highest BCUT2D eigenvalue weighted by Crippen LogP contribution is 2.36. The Labute approximate surface area is 300 Å². The van der Waals surface area contributed by atoms with Crippen LogP contribution < -0.4 is 20.9 Å². The van der Waals surface area contributed by atoms with Crippen molar-refractivity contribution in [2.24, 2.45) is 5.92 Å². The molecule has 0 radical (unpaired) electrons. The molecular weight excluding hydrogens is 662 g/mol. The monoisotopic (exact) mass is 703 g/mol.